The first kappa shape index (κ1) is 44.4. The molecular formula is C45H66N2O9. The van der Waals surface area contributed by atoms with Crippen LogP contribution >= 0.6 is 0 Å². The fourth-order valence-electron chi connectivity index (χ4n) is 7.14. The van der Waals surface area contributed by atoms with E-state index in [1.807, 2.05) is 126 Å². The minimum atomic E-state index is -0.650. The number of esters is 2. The largest absolute Gasteiger partial charge is 0.489 e. The summed E-state index contributed by atoms with van der Waals surface area (Å²) in [5.74, 6) is -0.945. The van der Waals surface area contributed by atoms with E-state index >= 15 is 0 Å². The van der Waals surface area contributed by atoms with E-state index in [1.54, 1.807) is 9.80 Å². The molecular weight excluding hydrogens is 712 g/mol. The molecule has 56 heavy (non-hydrogen) atoms. The second-order valence-electron chi connectivity index (χ2n) is 19.4. The number of nitrogens with zero attached hydrogens (tertiary/aromatic N) is 2. The Bertz CT molecular complexity index is 1550. The molecule has 0 spiro atoms. The molecule has 2 fully saturated rings. The molecule has 0 saturated carbocycles. The first-order valence-corrected chi connectivity index (χ1v) is 20.1. The summed E-state index contributed by atoms with van der Waals surface area (Å²) in [5.41, 5.74) is 0.346. The topological polar surface area (TPSA) is 121 Å². The van der Waals surface area contributed by atoms with Crippen LogP contribution in [0.5, 0.6) is 5.75 Å². The number of hydrogen-bond donors (Lipinski definition) is 0. The van der Waals surface area contributed by atoms with Crippen LogP contribution in [0.25, 0.3) is 0 Å². The van der Waals surface area contributed by atoms with Crippen LogP contribution in [0.3, 0.4) is 0 Å². The van der Waals surface area contributed by atoms with Crippen molar-refractivity contribution in [2.75, 3.05) is 26.2 Å². The van der Waals surface area contributed by atoms with Crippen molar-refractivity contribution in [2.24, 2.45) is 23.7 Å². The third-order valence-corrected chi connectivity index (χ3v) is 9.52. The normalized spacial score (nSPS) is 18.9. The van der Waals surface area contributed by atoms with Crippen LogP contribution in [0, 0.1) is 23.7 Å². The Kier molecular flexibility index (Phi) is 14.2. The second-order valence-corrected chi connectivity index (χ2v) is 19.4. The van der Waals surface area contributed by atoms with E-state index in [0.717, 1.165) is 16.7 Å². The number of amides is 2. The number of rotatable bonds is 11. The van der Waals surface area contributed by atoms with Crippen LogP contribution < -0.4 is 4.74 Å². The zero-order valence-corrected chi connectivity index (χ0v) is 35.9. The Labute approximate surface area is 334 Å². The fourth-order valence-corrected chi connectivity index (χ4v) is 7.14. The van der Waals surface area contributed by atoms with Gasteiger partial charge in [0.1, 0.15) is 34.8 Å². The molecule has 2 amide bonds. The van der Waals surface area contributed by atoms with Gasteiger partial charge in [-0.15, -0.1) is 0 Å². The molecule has 2 saturated heterocycles. The van der Waals surface area contributed by atoms with Crippen molar-refractivity contribution in [3.63, 3.8) is 0 Å². The number of carbonyl (C=O) groups is 4. The number of likely N-dealkylation sites (tertiary alicyclic amines) is 2. The lowest BCUT2D eigenvalue weighted by molar-refractivity contribution is -0.163. The van der Waals surface area contributed by atoms with Crippen molar-refractivity contribution in [1.29, 1.82) is 0 Å². The SMILES string of the molecule is CC(C)(C)OC(=O)[C@@H](Cc1cccc(COc2cccc(C[C@H](C(=O)OC(C)(C)C)[C@H]3CCN(C(=O)OC(C)(C)C)C3)c2)c1)[C@H]1CCN(C(=O)OC(C)(C)C)C1. The minimum absolute atomic E-state index is 0.0749. The van der Waals surface area contributed by atoms with Gasteiger partial charge in [0.15, 0.2) is 0 Å². The Morgan fingerprint density at radius 3 is 1.39 bits per heavy atom. The maximum Gasteiger partial charge on any atom is 0.410 e. The van der Waals surface area contributed by atoms with Crippen molar-refractivity contribution in [3.8, 4) is 5.75 Å². The molecule has 2 aliphatic heterocycles. The highest BCUT2D eigenvalue weighted by molar-refractivity contribution is 5.75. The summed E-state index contributed by atoms with van der Waals surface area (Å²) < 4.78 is 29.3. The first-order chi connectivity index (χ1) is 25.8. The van der Waals surface area contributed by atoms with Crippen molar-refractivity contribution >= 4 is 24.1 Å². The van der Waals surface area contributed by atoms with E-state index in [0.29, 0.717) is 64.2 Å². The molecule has 0 aliphatic carbocycles. The van der Waals surface area contributed by atoms with Gasteiger partial charge in [0.25, 0.3) is 0 Å². The summed E-state index contributed by atoms with van der Waals surface area (Å²) in [5, 5.41) is 0. The van der Waals surface area contributed by atoms with Gasteiger partial charge in [-0.25, -0.2) is 9.59 Å². The van der Waals surface area contributed by atoms with Crippen molar-refractivity contribution in [1.82, 2.24) is 9.80 Å². The van der Waals surface area contributed by atoms with Crippen LogP contribution in [0.2, 0.25) is 0 Å². The number of carbonyl (C=O) groups excluding carboxylic acids is 4. The summed E-state index contributed by atoms with van der Waals surface area (Å²) in [6.07, 6.45) is 1.52. The van der Waals surface area contributed by atoms with E-state index in [9.17, 15) is 19.2 Å². The van der Waals surface area contributed by atoms with Crippen LogP contribution in [0.1, 0.15) is 113 Å². The lowest BCUT2D eigenvalue weighted by Gasteiger charge is -2.28. The first-order valence-electron chi connectivity index (χ1n) is 20.1. The van der Waals surface area contributed by atoms with E-state index in [-0.39, 0.29) is 36.0 Å². The Balaban J connectivity index is 1.45. The van der Waals surface area contributed by atoms with Crippen molar-refractivity contribution < 1.29 is 42.9 Å². The molecule has 11 nitrogen and oxygen atoms in total. The summed E-state index contributed by atoms with van der Waals surface area (Å²) in [7, 11) is 0. The number of ether oxygens (including phenoxy) is 5. The average molecular weight is 779 g/mol. The average Bonchev–Trinajstić information content (AvgIpc) is 3.74. The molecule has 2 aliphatic rings. The number of benzene rings is 2. The zero-order valence-electron chi connectivity index (χ0n) is 35.9. The van der Waals surface area contributed by atoms with Gasteiger partial charge in [0.05, 0.1) is 11.8 Å². The lowest BCUT2D eigenvalue weighted by atomic mass is 9.85. The highest BCUT2D eigenvalue weighted by Crippen LogP contribution is 2.33. The molecule has 310 valence electrons. The van der Waals surface area contributed by atoms with Gasteiger partial charge in [-0.1, -0.05) is 36.4 Å². The third-order valence-electron chi connectivity index (χ3n) is 9.52. The summed E-state index contributed by atoms with van der Waals surface area (Å²) in [4.78, 5) is 56.3. The summed E-state index contributed by atoms with van der Waals surface area (Å²) >= 11 is 0. The van der Waals surface area contributed by atoms with Crippen molar-refractivity contribution in [3.05, 3.63) is 65.2 Å². The van der Waals surface area contributed by atoms with Gasteiger partial charge in [0.2, 0.25) is 0 Å². The molecule has 0 N–H and O–H groups in total. The van der Waals surface area contributed by atoms with Gasteiger partial charge in [-0.2, -0.15) is 0 Å². The Morgan fingerprint density at radius 1 is 0.571 bits per heavy atom. The zero-order chi connectivity index (χ0) is 41.6. The molecule has 2 aromatic carbocycles. The maximum absolute atomic E-state index is 13.6. The predicted molar refractivity (Wildman–Crippen MR) is 215 cm³/mol. The third kappa shape index (κ3) is 14.3. The molecule has 4 atom stereocenters. The molecule has 11 heteroatoms. The van der Waals surface area contributed by atoms with Crippen molar-refractivity contribution in [2.45, 2.75) is 138 Å². The lowest BCUT2D eigenvalue weighted by Crippen LogP contribution is -2.38. The summed E-state index contributed by atoms with van der Waals surface area (Å²) in [6.45, 7) is 24.4. The Hall–Kier alpha value is -4.28. The second kappa shape index (κ2) is 17.9. The molecule has 0 radical (unpaired) electrons. The minimum Gasteiger partial charge on any atom is -0.489 e. The van der Waals surface area contributed by atoms with Gasteiger partial charge in [-0.05, 0) is 149 Å². The maximum atomic E-state index is 13.6. The predicted octanol–water partition coefficient (Wildman–Crippen LogP) is 8.78. The molecule has 0 bridgehead atoms. The van der Waals surface area contributed by atoms with Crippen LogP contribution in [0.4, 0.5) is 9.59 Å². The van der Waals surface area contributed by atoms with Gasteiger partial charge < -0.3 is 33.5 Å². The quantitative estimate of drug-likeness (QED) is 0.163. The van der Waals surface area contributed by atoms with E-state index in [1.165, 1.54) is 0 Å². The smallest absolute Gasteiger partial charge is 0.410 e. The van der Waals surface area contributed by atoms with E-state index in [2.05, 4.69) is 6.07 Å². The molecule has 4 rings (SSSR count). The van der Waals surface area contributed by atoms with Gasteiger partial charge in [0, 0.05) is 26.2 Å². The molecule has 2 aromatic rings. The standard InChI is InChI=1S/C45H66N2O9/c1-42(2,3)53-38(48)36(33-19-21-46(27-33)40(50)55-44(7,8)9)25-30-15-13-17-32(23-30)29-52-35-18-14-16-31(24-35)26-37(39(49)54-43(4,5)6)34-20-22-47(28-34)41(51)56-45(10,11)12/h13-18,23-24,33-34,36-37H,19-22,25-29H2,1-12H3/t33-,34-,36-,37-/m0/s1. The van der Waals surface area contributed by atoms with E-state index < -0.39 is 34.2 Å². The van der Waals surface area contributed by atoms with Gasteiger partial charge in [-0.3, -0.25) is 9.59 Å². The van der Waals surface area contributed by atoms with Crippen LogP contribution in [-0.4, -0.2) is 82.5 Å². The molecule has 0 aromatic heterocycles. The highest BCUT2D eigenvalue weighted by Gasteiger charge is 2.40. The van der Waals surface area contributed by atoms with Crippen LogP contribution in [0.15, 0.2) is 48.5 Å². The monoisotopic (exact) mass is 778 g/mol. The summed E-state index contributed by atoms with van der Waals surface area (Å²) in [6, 6.07) is 15.8. The van der Waals surface area contributed by atoms with Gasteiger partial charge >= 0.3 is 24.1 Å². The molecule has 0 unspecified atom stereocenters. The highest BCUT2D eigenvalue weighted by atomic mass is 16.6. The van der Waals surface area contributed by atoms with Crippen LogP contribution in [-0.2, 0) is 48.0 Å². The fraction of sp³-hybridized carbons (Fsp3) is 0.644. The molecule has 2 heterocycles. The Morgan fingerprint density at radius 2 is 0.964 bits per heavy atom. The number of hydrogen-bond acceptors (Lipinski definition) is 9. The van der Waals surface area contributed by atoms with E-state index in [4.69, 9.17) is 23.7 Å².